The molecule has 0 spiro atoms. The molecule has 0 saturated carbocycles. The van der Waals surface area contributed by atoms with Crippen molar-refractivity contribution in [1.29, 1.82) is 0 Å². The molecular formula is C13H13FN4O. The van der Waals surface area contributed by atoms with Gasteiger partial charge in [0.1, 0.15) is 5.82 Å². The highest BCUT2D eigenvalue weighted by atomic mass is 19.1. The third kappa shape index (κ3) is 2.34. The van der Waals surface area contributed by atoms with Gasteiger partial charge in [0.05, 0.1) is 0 Å². The lowest BCUT2D eigenvalue weighted by atomic mass is 10.1. The molecule has 0 aliphatic carbocycles. The monoisotopic (exact) mass is 260 g/mol. The van der Waals surface area contributed by atoms with Crippen LogP contribution in [-0.2, 0) is 13.0 Å². The molecule has 1 aromatic heterocycles. The van der Waals surface area contributed by atoms with Crippen LogP contribution in [0.1, 0.15) is 21.6 Å². The number of aromatic amines is 1. The van der Waals surface area contributed by atoms with Gasteiger partial charge >= 0.3 is 0 Å². The number of H-pyrrole nitrogens is 1. The van der Waals surface area contributed by atoms with Crippen LogP contribution < -0.4 is 10.6 Å². The molecule has 0 unspecified atom stereocenters. The summed E-state index contributed by atoms with van der Waals surface area (Å²) in [5, 5.41) is 13.0. The normalized spacial score (nSPS) is 13.9. The molecule has 1 aliphatic rings. The number of rotatable bonds is 2. The zero-order valence-corrected chi connectivity index (χ0v) is 10.2. The number of benzene rings is 1. The molecule has 5 nitrogen and oxygen atoms in total. The van der Waals surface area contributed by atoms with Gasteiger partial charge < -0.3 is 10.6 Å². The van der Waals surface area contributed by atoms with E-state index in [1.54, 1.807) is 0 Å². The number of halogens is 1. The number of anilines is 1. The number of nitrogens with zero attached hydrogens (tertiary/aromatic N) is 1. The van der Waals surface area contributed by atoms with Crippen molar-refractivity contribution in [2.24, 2.45) is 0 Å². The van der Waals surface area contributed by atoms with Crippen LogP contribution >= 0.6 is 0 Å². The van der Waals surface area contributed by atoms with Gasteiger partial charge in [0, 0.05) is 36.3 Å². The van der Waals surface area contributed by atoms with Crippen molar-refractivity contribution in [3.05, 3.63) is 46.9 Å². The van der Waals surface area contributed by atoms with E-state index in [2.05, 4.69) is 20.8 Å². The maximum atomic E-state index is 12.8. The summed E-state index contributed by atoms with van der Waals surface area (Å²) >= 11 is 0. The topological polar surface area (TPSA) is 69.8 Å². The smallest absolute Gasteiger partial charge is 0.256 e. The van der Waals surface area contributed by atoms with E-state index in [9.17, 15) is 9.18 Å². The Labute approximate surface area is 109 Å². The molecule has 0 saturated heterocycles. The van der Waals surface area contributed by atoms with E-state index in [1.807, 2.05) is 0 Å². The quantitative estimate of drug-likeness (QED) is 0.765. The Hall–Kier alpha value is -2.21. The van der Waals surface area contributed by atoms with Crippen LogP contribution in [-0.4, -0.2) is 22.6 Å². The molecule has 3 rings (SSSR count). The lowest BCUT2D eigenvalue weighted by molar-refractivity contribution is 0.102. The number of aromatic nitrogens is 2. The second kappa shape index (κ2) is 4.81. The highest BCUT2D eigenvalue weighted by Crippen LogP contribution is 2.20. The number of nitrogens with one attached hydrogen (secondary N) is 3. The number of hydrogen-bond acceptors (Lipinski definition) is 3. The second-order valence-electron chi connectivity index (χ2n) is 4.42. The summed E-state index contributed by atoms with van der Waals surface area (Å²) in [6.45, 7) is 1.59. The molecule has 1 aromatic carbocycles. The van der Waals surface area contributed by atoms with Crippen LogP contribution in [0.2, 0.25) is 0 Å². The minimum absolute atomic E-state index is 0.292. The Kier molecular flexibility index (Phi) is 3.00. The first-order valence-corrected chi connectivity index (χ1v) is 6.08. The fourth-order valence-electron chi connectivity index (χ4n) is 2.11. The molecule has 19 heavy (non-hydrogen) atoms. The maximum absolute atomic E-state index is 12.8. The highest BCUT2D eigenvalue weighted by Gasteiger charge is 2.18. The molecule has 0 atom stereocenters. The van der Waals surface area contributed by atoms with E-state index in [0.29, 0.717) is 17.9 Å². The average molecular weight is 260 g/mol. The Balaban J connectivity index is 1.79. The van der Waals surface area contributed by atoms with Crippen molar-refractivity contribution < 1.29 is 9.18 Å². The molecule has 3 N–H and O–H groups in total. The van der Waals surface area contributed by atoms with E-state index in [1.165, 1.54) is 24.3 Å². The lowest BCUT2D eigenvalue weighted by Crippen LogP contribution is -2.24. The van der Waals surface area contributed by atoms with Gasteiger partial charge in [-0.1, -0.05) is 0 Å². The Bertz CT molecular complexity index is 606. The van der Waals surface area contributed by atoms with Crippen LogP contribution in [0.15, 0.2) is 24.3 Å². The molecule has 1 amide bonds. The number of carbonyl (C=O) groups excluding carboxylic acids is 1. The van der Waals surface area contributed by atoms with Crippen molar-refractivity contribution in [2.75, 3.05) is 11.9 Å². The fraction of sp³-hybridized carbons (Fsp3) is 0.231. The summed E-state index contributed by atoms with van der Waals surface area (Å²) in [4.78, 5) is 12.0. The highest BCUT2D eigenvalue weighted by molar-refractivity contribution is 6.04. The minimum atomic E-state index is -0.363. The molecule has 2 heterocycles. The van der Waals surface area contributed by atoms with Crippen molar-refractivity contribution in [3.63, 3.8) is 0 Å². The van der Waals surface area contributed by atoms with Crippen LogP contribution in [0.5, 0.6) is 0 Å². The van der Waals surface area contributed by atoms with Gasteiger partial charge in [-0.3, -0.25) is 9.89 Å². The van der Waals surface area contributed by atoms with Crippen LogP contribution in [0.4, 0.5) is 10.2 Å². The van der Waals surface area contributed by atoms with Crippen LogP contribution in [0.3, 0.4) is 0 Å². The van der Waals surface area contributed by atoms with Crippen LogP contribution in [0, 0.1) is 5.82 Å². The Morgan fingerprint density at radius 2 is 2.11 bits per heavy atom. The third-order valence-corrected chi connectivity index (χ3v) is 3.14. The molecular weight excluding hydrogens is 247 g/mol. The van der Waals surface area contributed by atoms with E-state index in [-0.39, 0.29) is 11.7 Å². The number of amides is 1. The largest absolute Gasteiger partial charge is 0.312 e. The molecule has 0 radical (unpaired) electrons. The molecule has 2 aromatic rings. The SMILES string of the molecule is O=C(Nc1n[nH]c2c1CNCC2)c1ccc(F)cc1. The maximum Gasteiger partial charge on any atom is 0.256 e. The van der Waals surface area contributed by atoms with Gasteiger partial charge in [-0.15, -0.1) is 0 Å². The summed E-state index contributed by atoms with van der Waals surface area (Å²) < 4.78 is 12.8. The Morgan fingerprint density at radius 1 is 1.32 bits per heavy atom. The number of hydrogen-bond donors (Lipinski definition) is 3. The van der Waals surface area contributed by atoms with Gasteiger partial charge in [-0.05, 0) is 24.3 Å². The predicted molar refractivity (Wildman–Crippen MR) is 68.4 cm³/mol. The third-order valence-electron chi connectivity index (χ3n) is 3.14. The summed E-state index contributed by atoms with van der Waals surface area (Å²) in [5.41, 5.74) is 2.44. The Morgan fingerprint density at radius 3 is 2.89 bits per heavy atom. The standard InChI is InChI=1S/C13H13FN4O/c14-9-3-1-8(2-4-9)13(19)16-12-10-7-15-6-5-11(10)17-18-12/h1-4,15H,5-7H2,(H2,16,17,18,19). The van der Waals surface area contributed by atoms with Crippen LogP contribution in [0.25, 0.3) is 0 Å². The summed E-state index contributed by atoms with van der Waals surface area (Å²) in [6.07, 6.45) is 0.870. The molecule has 0 fully saturated rings. The summed E-state index contributed by atoms with van der Waals surface area (Å²) in [5.74, 6) is -0.116. The van der Waals surface area contributed by atoms with E-state index < -0.39 is 0 Å². The first-order chi connectivity index (χ1) is 9.24. The summed E-state index contributed by atoms with van der Waals surface area (Å²) in [7, 11) is 0. The van der Waals surface area contributed by atoms with E-state index in [0.717, 1.165) is 24.2 Å². The molecule has 98 valence electrons. The average Bonchev–Trinajstić information content (AvgIpc) is 2.83. The lowest BCUT2D eigenvalue weighted by Gasteiger charge is -2.13. The molecule has 1 aliphatic heterocycles. The van der Waals surface area contributed by atoms with Gasteiger partial charge in [0.25, 0.3) is 5.91 Å². The van der Waals surface area contributed by atoms with Crippen molar-refractivity contribution in [1.82, 2.24) is 15.5 Å². The zero-order valence-electron chi connectivity index (χ0n) is 10.2. The van der Waals surface area contributed by atoms with Gasteiger partial charge in [0.2, 0.25) is 0 Å². The van der Waals surface area contributed by atoms with Crippen molar-refractivity contribution in [3.8, 4) is 0 Å². The second-order valence-corrected chi connectivity index (χ2v) is 4.42. The fourth-order valence-corrected chi connectivity index (χ4v) is 2.11. The van der Waals surface area contributed by atoms with Gasteiger partial charge in [0.15, 0.2) is 5.82 Å². The first-order valence-electron chi connectivity index (χ1n) is 6.08. The number of fused-ring (bicyclic) bond motifs is 1. The first kappa shape index (κ1) is 11.9. The minimum Gasteiger partial charge on any atom is -0.312 e. The zero-order chi connectivity index (χ0) is 13.2. The van der Waals surface area contributed by atoms with Crippen molar-refractivity contribution >= 4 is 11.7 Å². The predicted octanol–water partition coefficient (Wildman–Crippen LogP) is 1.45. The molecule has 0 bridgehead atoms. The van der Waals surface area contributed by atoms with Crippen molar-refractivity contribution in [2.45, 2.75) is 13.0 Å². The van der Waals surface area contributed by atoms with Gasteiger partial charge in [-0.25, -0.2) is 4.39 Å². The summed E-state index contributed by atoms with van der Waals surface area (Å²) in [6, 6.07) is 5.41. The number of carbonyl (C=O) groups is 1. The van der Waals surface area contributed by atoms with E-state index in [4.69, 9.17) is 0 Å². The van der Waals surface area contributed by atoms with E-state index >= 15 is 0 Å². The van der Waals surface area contributed by atoms with Gasteiger partial charge in [-0.2, -0.15) is 5.10 Å². The molecule has 6 heteroatoms.